The molecule has 0 spiro atoms. The third-order valence-corrected chi connectivity index (χ3v) is 5.93. The summed E-state index contributed by atoms with van der Waals surface area (Å²) in [6.45, 7) is 4.09. The monoisotopic (exact) mass is 502 g/mol. The Kier molecular flexibility index (Phi) is 8.27. The smallest absolute Gasteiger partial charge is 0.308 e. The molecule has 0 aliphatic carbocycles. The Bertz CT molecular complexity index is 966. The zero-order valence-corrected chi connectivity index (χ0v) is 19.8. The highest BCUT2D eigenvalue weighted by Crippen LogP contribution is 2.30. The average molecular weight is 503 g/mol. The van der Waals surface area contributed by atoms with Crippen molar-refractivity contribution in [2.24, 2.45) is 0 Å². The molecule has 0 radical (unpaired) electrons. The minimum absolute atomic E-state index is 0.183. The van der Waals surface area contributed by atoms with Gasteiger partial charge in [-0.1, -0.05) is 43.3 Å². The van der Waals surface area contributed by atoms with Gasteiger partial charge in [-0.05, 0) is 52.5 Å². The van der Waals surface area contributed by atoms with Crippen molar-refractivity contribution < 1.29 is 23.9 Å². The summed E-state index contributed by atoms with van der Waals surface area (Å²) in [6, 6.07) is 14.7. The van der Waals surface area contributed by atoms with E-state index in [9.17, 15) is 14.4 Å². The lowest BCUT2D eigenvalue weighted by molar-refractivity contribution is -0.155. The van der Waals surface area contributed by atoms with Gasteiger partial charge >= 0.3 is 5.97 Å². The van der Waals surface area contributed by atoms with Gasteiger partial charge in [0.2, 0.25) is 5.91 Å². The Hall–Kier alpha value is -2.87. The maximum atomic E-state index is 12.8. The van der Waals surface area contributed by atoms with E-state index in [-0.39, 0.29) is 30.9 Å². The number of benzene rings is 2. The lowest BCUT2D eigenvalue weighted by Gasteiger charge is -2.34. The summed E-state index contributed by atoms with van der Waals surface area (Å²) < 4.78 is 11.7. The molecule has 2 aromatic carbocycles. The Morgan fingerprint density at radius 3 is 2.62 bits per heavy atom. The second-order valence-corrected chi connectivity index (χ2v) is 8.46. The number of piperazine rings is 1. The molecule has 1 aliphatic heterocycles. The van der Waals surface area contributed by atoms with E-state index in [1.807, 2.05) is 49.4 Å². The first-order chi connectivity index (χ1) is 15.4. The quantitative estimate of drug-likeness (QED) is 0.557. The van der Waals surface area contributed by atoms with E-state index < -0.39 is 12.0 Å². The molecule has 1 fully saturated rings. The molecule has 8 heteroatoms. The summed E-state index contributed by atoms with van der Waals surface area (Å²) in [5.41, 5.74) is 2.09. The number of esters is 1. The molecule has 2 atom stereocenters. The molecular formula is C24H27BrN2O5. The Labute approximate surface area is 196 Å². The minimum atomic E-state index is -0.902. The molecule has 2 aromatic rings. The number of nitrogens with one attached hydrogen (secondary N) is 1. The number of rotatable bonds is 8. The van der Waals surface area contributed by atoms with Crippen LogP contribution in [0.2, 0.25) is 0 Å². The van der Waals surface area contributed by atoms with Crippen LogP contribution < -0.4 is 10.1 Å². The van der Waals surface area contributed by atoms with E-state index in [0.717, 1.165) is 15.6 Å². The van der Waals surface area contributed by atoms with Crippen LogP contribution in [0.15, 0.2) is 53.0 Å². The topological polar surface area (TPSA) is 84.9 Å². The van der Waals surface area contributed by atoms with Crippen LogP contribution in [-0.4, -0.2) is 54.5 Å². The first-order valence-electron chi connectivity index (χ1n) is 10.6. The molecule has 1 saturated heterocycles. The highest BCUT2D eigenvalue weighted by molar-refractivity contribution is 9.10. The van der Waals surface area contributed by atoms with Gasteiger partial charge in [-0.25, -0.2) is 0 Å². The standard InChI is InChI=1S/C24H27BrN2O5/c1-3-16(2)32-23(29)14-20-24(30)26-11-12-27(20)22(28)15-31-21-10-9-18(13-19(21)25)17-7-5-4-6-8-17/h4-10,13,16,20H,3,11-12,14-15H2,1-2H3,(H,26,30). The van der Waals surface area contributed by atoms with Crippen molar-refractivity contribution in [2.75, 3.05) is 19.7 Å². The zero-order valence-electron chi connectivity index (χ0n) is 18.2. The summed E-state index contributed by atoms with van der Waals surface area (Å²) in [5, 5.41) is 2.71. The Morgan fingerprint density at radius 2 is 1.94 bits per heavy atom. The molecule has 1 heterocycles. The van der Waals surface area contributed by atoms with Crippen LogP contribution in [0.1, 0.15) is 26.7 Å². The van der Waals surface area contributed by atoms with E-state index in [1.54, 1.807) is 13.0 Å². The van der Waals surface area contributed by atoms with Crippen molar-refractivity contribution in [1.82, 2.24) is 10.2 Å². The summed E-state index contributed by atoms with van der Waals surface area (Å²) in [7, 11) is 0. The SMILES string of the molecule is CCC(C)OC(=O)CC1C(=O)NCCN1C(=O)COc1ccc(-c2ccccc2)cc1Br. The molecule has 7 nitrogen and oxygen atoms in total. The summed E-state index contributed by atoms with van der Waals surface area (Å²) in [4.78, 5) is 38.8. The van der Waals surface area contributed by atoms with Crippen molar-refractivity contribution in [1.29, 1.82) is 0 Å². The average Bonchev–Trinajstić information content (AvgIpc) is 2.79. The summed E-state index contributed by atoms with van der Waals surface area (Å²) >= 11 is 3.50. The van der Waals surface area contributed by atoms with Crippen LogP contribution in [0.25, 0.3) is 11.1 Å². The number of ether oxygens (including phenoxy) is 2. The van der Waals surface area contributed by atoms with E-state index in [0.29, 0.717) is 25.3 Å². The van der Waals surface area contributed by atoms with Crippen LogP contribution in [0.5, 0.6) is 5.75 Å². The third-order valence-electron chi connectivity index (χ3n) is 5.31. The number of halogens is 1. The van der Waals surface area contributed by atoms with E-state index >= 15 is 0 Å². The van der Waals surface area contributed by atoms with Crippen LogP contribution >= 0.6 is 15.9 Å². The second kappa shape index (κ2) is 11.1. The second-order valence-electron chi connectivity index (χ2n) is 7.61. The van der Waals surface area contributed by atoms with Gasteiger partial charge in [-0.3, -0.25) is 14.4 Å². The van der Waals surface area contributed by atoms with Gasteiger partial charge in [0, 0.05) is 13.1 Å². The van der Waals surface area contributed by atoms with Crippen LogP contribution in [0, 0.1) is 0 Å². The molecule has 0 aromatic heterocycles. The van der Waals surface area contributed by atoms with E-state index in [2.05, 4.69) is 21.2 Å². The fourth-order valence-electron chi connectivity index (χ4n) is 3.38. The number of hydrogen-bond acceptors (Lipinski definition) is 5. The summed E-state index contributed by atoms with van der Waals surface area (Å²) in [5.74, 6) is -0.703. The van der Waals surface area contributed by atoms with Crippen LogP contribution in [0.3, 0.4) is 0 Å². The van der Waals surface area contributed by atoms with Gasteiger partial charge in [-0.15, -0.1) is 0 Å². The predicted molar refractivity (Wildman–Crippen MR) is 124 cm³/mol. The van der Waals surface area contributed by atoms with Crippen molar-refractivity contribution in [2.45, 2.75) is 38.8 Å². The lowest BCUT2D eigenvalue weighted by atomic mass is 10.1. The minimum Gasteiger partial charge on any atom is -0.483 e. The normalized spacial score (nSPS) is 16.8. The van der Waals surface area contributed by atoms with Gasteiger partial charge in [0.05, 0.1) is 17.0 Å². The van der Waals surface area contributed by atoms with Crippen molar-refractivity contribution >= 4 is 33.7 Å². The van der Waals surface area contributed by atoms with Crippen molar-refractivity contribution in [3.05, 3.63) is 53.0 Å². The summed E-state index contributed by atoms with van der Waals surface area (Å²) in [6.07, 6.45) is 0.256. The number of nitrogens with zero attached hydrogens (tertiary/aromatic N) is 1. The van der Waals surface area contributed by atoms with Gasteiger partial charge in [0.25, 0.3) is 5.91 Å². The number of amides is 2. The molecule has 1 N–H and O–H groups in total. The highest BCUT2D eigenvalue weighted by atomic mass is 79.9. The number of hydrogen-bond donors (Lipinski definition) is 1. The fourth-order valence-corrected chi connectivity index (χ4v) is 3.87. The van der Waals surface area contributed by atoms with Gasteiger partial charge in [0.15, 0.2) is 6.61 Å². The van der Waals surface area contributed by atoms with Crippen molar-refractivity contribution in [3.63, 3.8) is 0 Å². The third kappa shape index (κ3) is 6.09. The molecule has 2 unspecified atom stereocenters. The molecular weight excluding hydrogens is 476 g/mol. The molecule has 170 valence electrons. The van der Waals surface area contributed by atoms with Crippen molar-refractivity contribution in [3.8, 4) is 16.9 Å². The maximum Gasteiger partial charge on any atom is 0.308 e. The first-order valence-corrected chi connectivity index (χ1v) is 11.4. The van der Waals surface area contributed by atoms with Gasteiger partial charge in [0.1, 0.15) is 11.8 Å². The predicted octanol–water partition coefficient (Wildman–Crippen LogP) is 3.55. The van der Waals surface area contributed by atoms with Gasteiger partial charge < -0.3 is 19.7 Å². The molecule has 0 bridgehead atoms. The van der Waals surface area contributed by atoms with Crippen LogP contribution in [-0.2, 0) is 19.1 Å². The largest absolute Gasteiger partial charge is 0.483 e. The Morgan fingerprint density at radius 1 is 1.19 bits per heavy atom. The first kappa shape index (κ1) is 23.8. The number of carbonyl (C=O) groups excluding carboxylic acids is 3. The molecule has 2 amide bonds. The number of carbonyl (C=O) groups is 3. The van der Waals surface area contributed by atoms with E-state index in [1.165, 1.54) is 4.90 Å². The molecule has 3 rings (SSSR count). The van der Waals surface area contributed by atoms with Gasteiger partial charge in [-0.2, -0.15) is 0 Å². The Balaban J connectivity index is 1.63. The lowest BCUT2D eigenvalue weighted by Crippen LogP contribution is -2.58. The fraction of sp³-hybridized carbons (Fsp3) is 0.375. The highest BCUT2D eigenvalue weighted by Gasteiger charge is 2.35. The molecule has 32 heavy (non-hydrogen) atoms. The zero-order chi connectivity index (χ0) is 23.1. The maximum absolute atomic E-state index is 12.8. The van der Waals surface area contributed by atoms with Crippen LogP contribution in [0.4, 0.5) is 0 Å². The molecule has 0 saturated carbocycles. The molecule has 1 aliphatic rings. The van der Waals surface area contributed by atoms with E-state index in [4.69, 9.17) is 9.47 Å².